The third kappa shape index (κ3) is 2.25. The first kappa shape index (κ1) is 16.3. The van der Waals surface area contributed by atoms with Crippen molar-refractivity contribution in [1.29, 1.82) is 0 Å². The Morgan fingerprint density at radius 1 is 0.464 bits per heavy atom. The van der Waals surface area contributed by atoms with Gasteiger partial charge in [-0.2, -0.15) is 0 Å². The molecule has 4 aromatic rings. The summed E-state index contributed by atoms with van der Waals surface area (Å²) in [5, 5.41) is 3.06. The molecule has 0 bridgehead atoms. The highest BCUT2D eigenvalue weighted by Crippen LogP contribution is 2.33. The van der Waals surface area contributed by atoms with Gasteiger partial charge in [-0.05, 0) is 57.9 Å². The van der Waals surface area contributed by atoms with Crippen molar-refractivity contribution in [1.82, 2.24) is 0 Å². The van der Waals surface area contributed by atoms with Crippen molar-refractivity contribution in [2.45, 2.75) is 0 Å². The lowest BCUT2D eigenvalue weighted by molar-refractivity contribution is 0.0979. The summed E-state index contributed by atoms with van der Waals surface area (Å²) in [5.74, 6) is -0.436. The Morgan fingerprint density at radius 2 is 0.821 bits per heavy atom. The summed E-state index contributed by atoms with van der Waals surface area (Å²) in [4.78, 5) is 48.4. The van der Waals surface area contributed by atoms with Crippen LogP contribution in [0.15, 0.2) is 60.7 Å². The Bertz CT molecular complexity index is 1280. The van der Waals surface area contributed by atoms with Crippen molar-refractivity contribution in [2.75, 3.05) is 0 Å². The number of hydrogen-bond donors (Lipinski definition) is 0. The smallest absolute Gasteiger partial charge is 0.194 e. The van der Waals surface area contributed by atoms with E-state index in [9.17, 15) is 19.2 Å². The second kappa shape index (κ2) is 5.79. The molecule has 0 N–H and O–H groups in total. The van der Waals surface area contributed by atoms with Crippen LogP contribution in [0.25, 0.3) is 21.5 Å². The molecule has 0 atom stereocenters. The van der Waals surface area contributed by atoms with Gasteiger partial charge in [0.2, 0.25) is 0 Å². The van der Waals surface area contributed by atoms with E-state index >= 15 is 0 Å². The number of aldehydes is 2. The molecule has 0 radical (unpaired) electrons. The van der Waals surface area contributed by atoms with E-state index in [0.29, 0.717) is 33.4 Å². The molecule has 0 saturated carbocycles. The third-order valence-electron chi connectivity index (χ3n) is 5.25. The Kier molecular flexibility index (Phi) is 3.36. The number of fused-ring (bicyclic) bond motifs is 4. The van der Waals surface area contributed by atoms with Crippen molar-refractivity contribution < 1.29 is 19.2 Å². The van der Waals surface area contributed by atoms with Crippen LogP contribution in [0.5, 0.6) is 0 Å². The van der Waals surface area contributed by atoms with Crippen LogP contribution in [0.4, 0.5) is 0 Å². The van der Waals surface area contributed by atoms with Crippen LogP contribution in [0.2, 0.25) is 0 Å². The lowest BCUT2D eigenvalue weighted by Gasteiger charge is -2.19. The van der Waals surface area contributed by atoms with Gasteiger partial charge in [0.25, 0.3) is 0 Å². The van der Waals surface area contributed by atoms with E-state index < -0.39 is 0 Å². The second-order valence-electron chi connectivity index (χ2n) is 6.90. The average Bonchev–Trinajstić information content (AvgIpc) is 2.74. The number of rotatable bonds is 2. The molecule has 0 aliphatic heterocycles. The van der Waals surface area contributed by atoms with Gasteiger partial charge in [0.05, 0.1) is 0 Å². The fourth-order valence-electron chi connectivity index (χ4n) is 3.82. The molecule has 0 amide bonds. The van der Waals surface area contributed by atoms with Crippen molar-refractivity contribution in [3.8, 4) is 0 Å². The molecular formula is C24H12O4. The van der Waals surface area contributed by atoms with Gasteiger partial charge in [-0.3, -0.25) is 19.2 Å². The fraction of sp³-hybridized carbons (Fsp3) is 0. The molecule has 1 aliphatic carbocycles. The van der Waals surface area contributed by atoms with Crippen molar-refractivity contribution in [3.63, 3.8) is 0 Å². The number of hydrogen-bond acceptors (Lipinski definition) is 4. The van der Waals surface area contributed by atoms with Gasteiger partial charge in [0.1, 0.15) is 12.6 Å². The van der Waals surface area contributed by atoms with E-state index in [1.54, 1.807) is 60.7 Å². The van der Waals surface area contributed by atoms with E-state index in [4.69, 9.17) is 0 Å². The summed E-state index contributed by atoms with van der Waals surface area (Å²) in [6, 6.07) is 17.1. The topological polar surface area (TPSA) is 68.3 Å². The molecule has 28 heavy (non-hydrogen) atoms. The van der Waals surface area contributed by atoms with Crippen molar-refractivity contribution in [2.24, 2.45) is 0 Å². The van der Waals surface area contributed by atoms with E-state index in [-0.39, 0.29) is 11.6 Å². The average molecular weight is 364 g/mol. The normalized spacial score (nSPS) is 12.7. The lowest BCUT2D eigenvalue weighted by Crippen LogP contribution is -2.21. The summed E-state index contributed by atoms with van der Waals surface area (Å²) in [5.41, 5.74) is 2.42. The van der Waals surface area contributed by atoms with Crippen LogP contribution in [0.1, 0.15) is 52.6 Å². The van der Waals surface area contributed by atoms with Gasteiger partial charge in [-0.15, -0.1) is 0 Å². The summed E-state index contributed by atoms with van der Waals surface area (Å²) < 4.78 is 0. The minimum Gasteiger partial charge on any atom is -0.298 e. The highest BCUT2D eigenvalue weighted by atomic mass is 16.1. The van der Waals surface area contributed by atoms with Gasteiger partial charge in [-0.1, -0.05) is 24.3 Å². The summed E-state index contributed by atoms with van der Waals surface area (Å²) in [6.07, 6.45) is 1.50. The van der Waals surface area contributed by atoms with Gasteiger partial charge >= 0.3 is 0 Å². The molecule has 0 spiro atoms. The van der Waals surface area contributed by atoms with Crippen LogP contribution in [-0.2, 0) is 0 Å². The van der Waals surface area contributed by atoms with Gasteiger partial charge in [0.15, 0.2) is 11.6 Å². The first-order valence-corrected chi connectivity index (χ1v) is 8.74. The van der Waals surface area contributed by atoms with Crippen molar-refractivity contribution in [3.05, 3.63) is 94.0 Å². The Morgan fingerprint density at radius 3 is 1.18 bits per heavy atom. The zero-order valence-corrected chi connectivity index (χ0v) is 14.6. The standard InChI is InChI=1S/C24H12O4/c25-11-13-1-3-15-7-19-21(9-17(15)5-13)24(28)22-10-18-6-14(12-26)2-4-16(18)8-20(22)23(19)27/h1-12H. The molecule has 4 heteroatoms. The highest BCUT2D eigenvalue weighted by Gasteiger charge is 2.30. The first-order valence-electron chi connectivity index (χ1n) is 8.74. The number of ketones is 2. The molecule has 0 saturated heterocycles. The molecule has 132 valence electrons. The predicted molar refractivity (Wildman–Crippen MR) is 106 cm³/mol. The summed E-state index contributed by atoms with van der Waals surface area (Å²) in [7, 11) is 0. The van der Waals surface area contributed by atoms with Crippen LogP contribution in [-0.4, -0.2) is 24.1 Å². The van der Waals surface area contributed by atoms with Gasteiger partial charge in [0, 0.05) is 33.4 Å². The van der Waals surface area contributed by atoms with Crippen LogP contribution in [0, 0.1) is 0 Å². The van der Waals surface area contributed by atoms with Crippen molar-refractivity contribution >= 4 is 45.7 Å². The zero-order valence-electron chi connectivity index (χ0n) is 14.6. The minimum absolute atomic E-state index is 0.202. The monoisotopic (exact) mass is 364 g/mol. The fourth-order valence-corrected chi connectivity index (χ4v) is 3.82. The Hall–Kier alpha value is -3.92. The molecule has 1 aliphatic rings. The molecule has 4 aromatic carbocycles. The molecular weight excluding hydrogens is 352 g/mol. The molecule has 0 unspecified atom stereocenters. The number of benzene rings is 4. The summed E-state index contributed by atoms with van der Waals surface area (Å²) >= 11 is 0. The third-order valence-corrected chi connectivity index (χ3v) is 5.25. The number of carbonyl (C=O) groups excluding carboxylic acids is 4. The van der Waals surface area contributed by atoms with Crippen LogP contribution < -0.4 is 0 Å². The second-order valence-corrected chi connectivity index (χ2v) is 6.90. The van der Waals surface area contributed by atoms with E-state index in [2.05, 4.69) is 0 Å². The largest absolute Gasteiger partial charge is 0.298 e. The minimum atomic E-state index is -0.235. The molecule has 0 fully saturated rings. The quantitative estimate of drug-likeness (QED) is 0.436. The molecule has 0 aromatic heterocycles. The maximum atomic E-state index is 13.2. The predicted octanol–water partition coefficient (Wildman–Crippen LogP) is 4.39. The number of carbonyl (C=O) groups is 4. The van der Waals surface area contributed by atoms with Gasteiger partial charge < -0.3 is 0 Å². The highest BCUT2D eigenvalue weighted by molar-refractivity contribution is 6.30. The SMILES string of the molecule is O=Cc1ccc2cc3c(cc2c1)C(=O)c1cc2cc(C=O)ccc2cc1C3=O. The molecule has 5 rings (SSSR count). The zero-order chi connectivity index (χ0) is 19.4. The lowest BCUT2D eigenvalue weighted by atomic mass is 9.81. The summed E-state index contributed by atoms with van der Waals surface area (Å²) in [6.45, 7) is 0. The molecule has 0 heterocycles. The first-order chi connectivity index (χ1) is 13.6. The van der Waals surface area contributed by atoms with E-state index in [0.717, 1.165) is 34.1 Å². The van der Waals surface area contributed by atoms with Crippen LogP contribution in [0.3, 0.4) is 0 Å². The van der Waals surface area contributed by atoms with Crippen LogP contribution >= 0.6 is 0 Å². The van der Waals surface area contributed by atoms with Gasteiger partial charge in [-0.25, -0.2) is 0 Å². The van der Waals surface area contributed by atoms with E-state index in [1.165, 1.54) is 0 Å². The molecule has 4 nitrogen and oxygen atoms in total. The maximum Gasteiger partial charge on any atom is 0.194 e. The maximum absolute atomic E-state index is 13.2. The van der Waals surface area contributed by atoms with E-state index in [1.807, 2.05) is 0 Å². The Labute approximate surface area is 159 Å². The Balaban J connectivity index is 1.77.